The van der Waals surface area contributed by atoms with Gasteiger partial charge in [-0.25, -0.2) is 4.98 Å². The Morgan fingerprint density at radius 2 is 2.20 bits per heavy atom. The summed E-state index contributed by atoms with van der Waals surface area (Å²) in [4.78, 5) is 17.0. The molecular formula is C16H21N3O. The van der Waals surface area contributed by atoms with E-state index in [1.165, 1.54) is 0 Å². The van der Waals surface area contributed by atoms with Crippen LogP contribution in [0.15, 0.2) is 24.3 Å². The van der Waals surface area contributed by atoms with Gasteiger partial charge in [0.2, 0.25) is 0 Å². The lowest BCUT2D eigenvalue weighted by molar-refractivity contribution is -0.123. The van der Waals surface area contributed by atoms with Crippen molar-refractivity contribution in [3.63, 3.8) is 0 Å². The molecule has 1 saturated carbocycles. The highest BCUT2D eigenvalue weighted by Crippen LogP contribution is 2.25. The summed E-state index contributed by atoms with van der Waals surface area (Å²) in [6.07, 6.45) is 4.36. The summed E-state index contributed by atoms with van der Waals surface area (Å²) < 4.78 is 2.02. The van der Waals surface area contributed by atoms with E-state index in [1.54, 1.807) is 0 Å². The summed E-state index contributed by atoms with van der Waals surface area (Å²) in [6.45, 7) is 0. The zero-order chi connectivity index (χ0) is 14.1. The summed E-state index contributed by atoms with van der Waals surface area (Å²) in [5.41, 5.74) is 8.01. The van der Waals surface area contributed by atoms with Crippen LogP contribution in [-0.4, -0.2) is 21.4 Å². The van der Waals surface area contributed by atoms with E-state index in [9.17, 15) is 4.79 Å². The summed E-state index contributed by atoms with van der Waals surface area (Å²) in [7, 11) is 1.98. The summed E-state index contributed by atoms with van der Waals surface area (Å²) in [5.74, 6) is 1.27. The quantitative estimate of drug-likeness (QED) is 0.931. The van der Waals surface area contributed by atoms with Gasteiger partial charge in [0.15, 0.2) is 0 Å². The Bertz CT molecular complexity index is 632. The normalized spacial score (nSPS) is 23.1. The number of Topliss-reactive ketones (excluding diaryl/α,β-unsaturated/α-hetero) is 1. The lowest BCUT2D eigenvalue weighted by Gasteiger charge is -2.25. The van der Waals surface area contributed by atoms with Crippen molar-refractivity contribution in [1.29, 1.82) is 0 Å². The first-order valence-electron chi connectivity index (χ1n) is 7.34. The van der Waals surface area contributed by atoms with Gasteiger partial charge in [-0.2, -0.15) is 0 Å². The van der Waals surface area contributed by atoms with Gasteiger partial charge in [0, 0.05) is 19.0 Å². The standard InChI is InChI=1S/C16H21N3O/c1-19-14-8-3-2-7-13(14)18-16(19)10-15(20)11-5-4-6-12(17)9-11/h2-3,7-8,11-12H,4-6,9-10,17H2,1H3. The number of nitrogens with zero attached hydrogens (tertiary/aromatic N) is 2. The molecule has 0 spiro atoms. The third-order valence-corrected chi connectivity index (χ3v) is 4.38. The molecule has 1 fully saturated rings. The van der Waals surface area contributed by atoms with Crippen LogP contribution in [0, 0.1) is 5.92 Å². The average Bonchev–Trinajstić information content (AvgIpc) is 2.76. The number of carbonyl (C=O) groups is 1. The predicted octanol–water partition coefficient (Wildman–Crippen LogP) is 2.20. The number of ketones is 1. The summed E-state index contributed by atoms with van der Waals surface area (Å²) in [6, 6.07) is 8.18. The third-order valence-electron chi connectivity index (χ3n) is 4.38. The van der Waals surface area contributed by atoms with Crippen molar-refractivity contribution in [2.75, 3.05) is 0 Å². The van der Waals surface area contributed by atoms with E-state index in [0.29, 0.717) is 12.2 Å². The molecule has 2 unspecified atom stereocenters. The van der Waals surface area contributed by atoms with E-state index < -0.39 is 0 Å². The second-order valence-electron chi connectivity index (χ2n) is 5.84. The van der Waals surface area contributed by atoms with Crippen LogP contribution in [0.2, 0.25) is 0 Å². The monoisotopic (exact) mass is 271 g/mol. The largest absolute Gasteiger partial charge is 0.331 e. The number of carbonyl (C=O) groups excluding carboxylic acids is 1. The number of rotatable bonds is 3. The minimum Gasteiger partial charge on any atom is -0.331 e. The molecule has 0 bridgehead atoms. The number of hydrogen-bond donors (Lipinski definition) is 1. The van der Waals surface area contributed by atoms with Crippen molar-refractivity contribution in [3.8, 4) is 0 Å². The van der Waals surface area contributed by atoms with Gasteiger partial charge in [-0.1, -0.05) is 18.6 Å². The number of fused-ring (bicyclic) bond motifs is 1. The lowest BCUT2D eigenvalue weighted by atomic mass is 9.82. The van der Waals surface area contributed by atoms with Crippen LogP contribution in [-0.2, 0) is 18.3 Å². The highest BCUT2D eigenvalue weighted by molar-refractivity contribution is 5.84. The molecule has 106 valence electrons. The fraction of sp³-hybridized carbons (Fsp3) is 0.500. The predicted molar refractivity (Wildman–Crippen MR) is 79.4 cm³/mol. The van der Waals surface area contributed by atoms with Gasteiger partial charge in [0.1, 0.15) is 11.6 Å². The van der Waals surface area contributed by atoms with E-state index >= 15 is 0 Å². The van der Waals surface area contributed by atoms with Crippen LogP contribution < -0.4 is 5.73 Å². The Labute approximate surface area is 119 Å². The Hall–Kier alpha value is -1.68. The molecule has 2 atom stereocenters. The molecule has 4 heteroatoms. The van der Waals surface area contributed by atoms with Crippen molar-refractivity contribution in [2.24, 2.45) is 18.7 Å². The molecule has 0 radical (unpaired) electrons. The molecule has 1 aromatic heterocycles. The van der Waals surface area contributed by atoms with Crippen molar-refractivity contribution in [2.45, 2.75) is 38.1 Å². The first kappa shape index (κ1) is 13.3. The molecule has 2 N–H and O–H groups in total. The number of para-hydroxylation sites is 2. The maximum absolute atomic E-state index is 12.4. The molecule has 1 aromatic carbocycles. The van der Waals surface area contributed by atoms with Gasteiger partial charge in [0.05, 0.1) is 17.5 Å². The SMILES string of the molecule is Cn1c(CC(=O)C2CCCC(N)C2)nc2ccccc21. The zero-order valence-electron chi connectivity index (χ0n) is 11.9. The van der Waals surface area contributed by atoms with E-state index in [0.717, 1.165) is 42.5 Å². The van der Waals surface area contributed by atoms with Crippen molar-refractivity contribution in [3.05, 3.63) is 30.1 Å². The van der Waals surface area contributed by atoms with Crippen molar-refractivity contribution < 1.29 is 4.79 Å². The molecule has 4 nitrogen and oxygen atoms in total. The van der Waals surface area contributed by atoms with Crippen LogP contribution in [0.1, 0.15) is 31.5 Å². The van der Waals surface area contributed by atoms with Crippen molar-refractivity contribution >= 4 is 16.8 Å². The van der Waals surface area contributed by atoms with Crippen LogP contribution in [0.5, 0.6) is 0 Å². The van der Waals surface area contributed by atoms with Gasteiger partial charge < -0.3 is 10.3 Å². The maximum atomic E-state index is 12.4. The molecule has 3 rings (SSSR count). The zero-order valence-corrected chi connectivity index (χ0v) is 11.9. The molecule has 0 amide bonds. The number of aromatic nitrogens is 2. The molecule has 1 aliphatic rings. The summed E-state index contributed by atoms with van der Waals surface area (Å²) >= 11 is 0. The van der Waals surface area contributed by atoms with E-state index in [2.05, 4.69) is 4.98 Å². The molecule has 1 heterocycles. The molecule has 0 saturated heterocycles. The minimum atomic E-state index is 0.124. The number of aryl methyl sites for hydroxylation is 1. The maximum Gasteiger partial charge on any atom is 0.143 e. The first-order valence-corrected chi connectivity index (χ1v) is 7.34. The number of nitrogens with two attached hydrogens (primary N) is 1. The first-order chi connectivity index (χ1) is 9.65. The fourth-order valence-corrected chi connectivity index (χ4v) is 3.17. The van der Waals surface area contributed by atoms with Gasteiger partial charge in [0.25, 0.3) is 0 Å². The Morgan fingerprint density at radius 3 is 2.95 bits per heavy atom. The lowest BCUT2D eigenvalue weighted by Crippen LogP contribution is -2.32. The second-order valence-corrected chi connectivity index (χ2v) is 5.84. The van der Waals surface area contributed by atoms with Crippen LogP contribution in [0.25, 0.3) is 11.0 Å². The molecule has 20 heavy (non-hydrogen) atoms. The van der Waals surface area contributed by atoms with Crippen LogP contribution in [0.3, 0.4) is 0 Å². The average molecular weight is 271 g/mol. The number of benzene rings is 1. The Morgan fingerprint density at radius 1 is 1.40 bits per heavy atom. The van der Waals surface area contributed by atoms with Gasteiger partial charge in [-0.3, -0.25) is 4.79 Å². The summed E-state index contributed by atoms with van der Waals surface area (Å²) in [5, 5.41) is 0. The van der Waals surface area contributed by atoms with Gasteiger partial charge >= 0.3 is 0 Å². The van der Waals surface area contributed by atoms with Crippen LogP contribution >= 0.6 is 0 Å². The fourth-order valence-electron chi connectivity index (χ4n) is 3.17. The van der Waals surface area contributed by atoms with Gasteiger partial charge in [-0.15, -0.1) is 0 Å². The van der Waals surface area contributed by atoms with E-state index in [4.69, 9.17) is 5.73 Å². The molecular weight excluding hydrogens is 250 g/mol. The molecule has 1 aliphatic carbocycles. The molecule has 2 aromatic rings. The van der Waals surface area contributed by atoms with Crippen LogP contribution in [0.4, 0.5) is 0 Å². The second kappa shape index (κ2) is 5.37. The topological polar surface area (TPSA) is 60.9 Å². The Kier molecular flexibility index (Phi) is 3.57. The number of hydrogen-bond acceptors (Lipinski definition) is 3. The highest BCUT2D eigenvalue weighted by atomic mass is 16.1. The van der Waals surface area contributed by atoms with E-state index in [-0.39, 0.29) is 12.0 Å². The Balaban J connectivity index is 1.79. The highest BCUT2D eigenvalue weighted by Gasteiger charge is 2.26. The van der Waals surface area contributed by atoms with Crippen molar-refractivity contribution in [1.82, 2.24) is 9.55 Å². The minimum absolute atomic E-state index is 0.124. The van der Waals surface area contributed by atoms with Gasteiger partial charge in [-0.05, 0) is 31.4 Å². The smallest absolute Gasteiger partial charge is 0.143 e. The molecule has 0 aliphatic heterocycles. The number of imidazole rings is 1. The third kappa shape index (κ3) is 2.48. The van der Waals surface area contributed by atoms with E-state index in [1.807, 2.05) is 35.9 Å².